The fraction of sp³-hybridized carbons (Fsp3) is 0.200. The Balaban J connectivity index is 1.64. The molecule has 0 aliphatic heterocycles. The zero-order valence-electron chi connectivity index (χ0n) is 15.3. The van der Waals surface area contributed by atoms with Crippen LogP contribution in [0.5, 0.6) is 5.75 Å². The maximum Gasteiger partial charge on any atom is 0.437 e. The first-order valence-electron chi connectivity index (χ1n) is 8.49. The van der Waals surface area contributed by atoms with Crippen LogP contribution in [0.1, 0.15) is 17.3 Å². The van der Waals surface area contributed by atoms with Crippen LogP contribution in [0.2, 0.25) is 0 Å². The molecule has 8 nitrogen and oxygen atoms in total. The average Bonchev–Trinajstić information content (AvgIpc) is 3.08. The van der Waals surface area contributed by atoms with E-state index in [9.17, 15) is 14.4 Å². The summed E-state index contributed by atoms with van der Waals surface area (Å²) in [7, 11) is 1.52. The van der Waals surface area contributed by atoms with Crippen molar-refractivity contribution >= 4 is 11.8 Å². The third kappa shape index (κ3) is 4.35. The molecule has 0 aliphatic rings. The summed E-state index contributed by atoms with van der Waals surface area (Å²) in [5, 5.41) is 3.99. The molecule has 3 rings (SSSR count). The van der Waals surface area contributed by atoms with Gasteiger partial charge in [0.05, 0.1) is 7.11 Å². The first-order valence-corrected chi connectivity index (χ1v) is 8.49. The van der Waals surface area contributed by atoms with Crippen LogP contribution in [0.4, 0.5) is 0 Å². The third-order valence-electron chi connectivity index (χ3n) is 3.96. The van der Waals surface area contributed by atoms with Gasteiger partial charge < -0.3 is 13.9 Å². The van der Waals surface area contributed by atoms with Gasteiger partial charge in [0.2, 0.25) is 11.7 Å². The van der Waals surface area contributed by atoms with Gasteiger partial charge in [-0.25, -0.2) is 4.79 Å². The van der Waals surface area contributed by atoms with Gasteiger partial charge in [0.1, 0.15) is 12.3 Å². The summed E-state index contributed by atoms with van der Waals surface area (Å²) in [6, 6.07) is 15.3. The Hall–Kier alpha value is -3.68. The van der Waals surface area contributed by atoms with E-state index in [2.05, 4.69) is 5.10 Å². The smallest absolute Gasteiger partial charge is 0.437 e. The first-order chi connectivity index (χ1) is 13.5. The molecule has 0 fully saturated rings. The zero-order chi connectivity index (χ0) is 20.1. The molecule has 28 heavy (non-hydrogen) atoms. The molecule has 3 aromatic rings. The molecule has 0 saturated heterocycles. The predicted molar refractivity (Wildman–Crippen MR) is 99.1 cm³/mol. The Morgan fingerprint density at radius 2 is 1.79 bits per heavy atom. The minimum atomic E-state index is -1.02. The van der Waals surface area contributed by atoms with Gasteiger partial charge in [-0.2, -0.15) is 4.68 Å². The van der Waals surface area contributed by atoms with E-state index in [1.165, 1.54) is 14.0 Å². The number of esters is 1. The van der Waals surface area contributed by atoms with Gasteiger partial charge in [0, 0.05) is 11.1 Å². The molecule has 0 spiro atoms. The lowest BCUT2D eigenvalue weighted by Crippen LogP contribution is -2.29. The van der Waals surface area contributed by atoms with Gasteiger partial charge in [0.15, 0.2) is 6.10 Å². The van der Waals surface area contributed by atoms with Crippen molar-refractivity contribution in [1.82, 2.24) is 9.78 Å². The third-order valence-corrected chi connectivity index (χ3v) is 3.96. The Bertz CT molecular complexity index is 1020. The Morgan fingerprint density at radius 3 is 2.43 bits per heavy atom. The lowest BCUT2D eigenvalue weighted by atomic mass is 10.1. The van der Waals surface area contributed by atoms with Crippen molar-refractivity contribution in [2.24, 2.45) is 0 Å². The number of rotatable bonds is 7. The highest BCUT2D eigenvalue weighted by molar-refractivity contribution is 6.00. The van der Waals surface area contributed by atoms with E-state index in [0.717, 1.165) is 4.68 Å². The average molecular weight is 382 g/mol. The fourth-order valence-electron chi connectivity index (χ4n) is 2.50. The van der Waals surface area contributed by atoms with E-state index in [1.807, 2.05) is 6.07 Å². The quantitative estimate of drug-likeness (QED) is 0.457. The van der Waals surface area contributed by atoms with Gasteiger partial charge in [-0.15, -0.1) is 5.10 Å². The van der Waals surface area contributed by atoms with Crippen LogP contribution in [-0.4, -0.2) is 34.7 Å². The molecule has 1 atom stereocenters. The SMILES string of the molecule is COc1ccc(C(=O)[C@@H](C)OC(=O)Cn2nc(-c3ccccc3)oc2=O)cc1. The maximum atomic E-state index is 12.4. The van der Waals surface area contributed by atoms with Crippen molar-refractivity contribution in [2.75, 3.05) is 7.11 Å². The topological polar surface area (TPSA) is 101 Å². The summed E-state index contributed by atoms with van der Waals surface area (Å²) in [5.74, 6) is -1.22. The number of benzene rings is 2. The molecule has 0 N–H and O–H groups in total. The molecule has 0 unspecified atom stereocenters. The summed E-state index contributed by atoms with van der Waals surface area (Å²) in [4.78, 5) is 36.4. The number of ketones is 1. The van der Waals surface area contributed by atoms with E-state index < -0.39 is 24.4 Å². The molecule has 1 aromatic heterocycles. The minimum Gasteiger partial charge on any atom is -0.497 e. The van der Waals surface area contributed by atoms with Crippen molar-refractivity contribution in [3.05, 3.63) is 70.7 Å². The summed E-state index contributed by atoms with van der Waals surface area (Å²) >= 11 is 0. The van der Waals surface area contributed by atoms with Crippen LogP contribution in [0.15, 0.2) is 63.8 Å². The van der Waals surface area contributed by atoms with Gasteiger partial charge in [-0.1, -0.05) is 18.2 Å². The maximum absolute atomic E-state index is 12.4. The molecule has 0 radical (unpaired) electrons. The first kappa shape index (κ1) is 19.1. The van der Waals surface area contributed by atoms with E-state index in [4.69, 9.17) is 13.9 Å². The number of Topliss-reactive ketones (excluding diaryl/α,β-unsaturated/α-hetero) is 1. The lowest BCUT2D eigenvalue weighted by Gasteiger charge is -2.12. The summed E-state index contributed by atoms with van der Waals surface area (Å²) in [6.07, 6.45) is -1.02. The lowest BCUT2D eigenvalue weighted by molar-refractivity contribution is -0.147. The molecule has 0 amide bonds. The van der Waals surface area contributed by atoms with Crippen LogP contribution >= 0.6 is 0 Å². The van der Waals surface area contributed by atoms with Crippen molar-refractivity contribution in [3.63, 3.8) is 0 Å². The molecule has 1 heterocycles. The molecular weight excluding hydrogens is 364 g/mol. The molecule has 0 aliphatic carbocycles. The van der Waals surface area contributed by atoms with Crippen molar-refractivity contribution < 1.29 is 23.5 Å². The van der Waals surface area contributed by atoms with Gasteiger partial charge in [-0.05, 0) is 43.3 Å². The number of ether oxygens (including phenoxy) is 2. The van der Waals surface area contributed by atoms with Crippen LogP contribution in [0.3, 0.4) is 0 Å². The number of aromatic nitrogens is 2. The van der Waals surface area contributed by atoms with Gasteiger partial charge >= 0.3 is 11.7 Å². The Kier molecular flexibility index (Phi) is 5.69. The summed E-state index contributed by atoms with van der Waals surface area (Å²) in [6.45, 7) is 1.00. The largest absolute Gasteiger partial charge is 0.497 e. The summed E-state index contributed by atoms with van der Waals surface area (Å²) in [5.41, 5.74) is 0.987. The number of hydrogen-bond acceptors (Lipinski definition) is 7. The van der Waals surface area contributed by atoms with E-state index in [-0.39, 0.29) is 11.7 Å². The molecule has 0 bridgehead atoms. The van der Waals surface area contributed by atoms with Crippen LogP contribution in [0.25, 0.3) is 11.5 Å². The van der Waals surface area contributed by atoms with Crippen LogP contribution < -0.4 is 10.5 Å². The van der Waals surface area contributed by atoms with Crippen molar-refractivity contribution in [2.45, 2.75) is 19.6 Å². The molecule has 2 aromatic carbocycles. The van der Waals surface area contributed by atoms with Crippen LogP contribution in [0, 0.1) is 0 Å². The number of nitrogens with zero attached hydrogens (tertiary/aromatic N) is 2. The Labute approximate surface area is 160 Å². The van der Waals surface area contributed by atoms with Crippen molar-refractivity contribution in [1.29, 1.82) is 0 Å². The van der Waals surface area contributed by atoms with Gasteiger partial charge in [-0.3, -0.25) is 9.59 Å². The predicted octanol–water partition coefficient (Wildman–Crippen LogP) is 2.33. The second-order valence-electron chi connectivity index (χ2n) is 5.92. The normalized spacial score (nSPS) is 11.6. The van der Waals surface area contributed by atoms with Gasteiger partial charge in [0.25, 0.3) is 0 Å². The molecular formula is C20H18N2O6. The number of hydrogen-bond donors (Lipinski definition) is 0. The highest BCUT2D eigenvalue weighted by Crippen LogP contribution is 2.15. The monoisotopic (exact) mass is 382 g/mol. The van der Waals surface area contributed by atoms with E-state index in [1.54, 1.807) is 48.5 Å². The van der Waals surface area contributed by atoms with E-state index >= 15 is 0 Å². The minimum absolute atomic E-state index is 0.0979. The number of carbonyl (C=O) groups excluding carboxylic acids is 2. The summed E-state index contributed by atoms with van der Waals surface area (Å²) < 4.78 is 16.1. The zero-order valence-corrected chi connectivity index (χ0v) is 15.3. The van der Waals surface area contributed by atoms with Crippen molar-refractivity contribution in [3.8, 4) is 17.2 Å². The Morgan fingerprint density at radius 1 is 1.11 bits per heavy atom. The molecule has 0 saturated carbocycles. The van der Waals surface area contributed by atoms with Crippen LogP contribution in [-0.2, 0) is 16.1 Å². The highest BCUT2D eigenvalue weighted by atomic mass is 16.5. The molecule has 8 heteroatoms. The highest BCUT2D eigenvalue weighted by Gasteiger charge is 2.21. The number of carbonyl (C=O) groups is 2. The molecule has 144 valence electrons. The van der Waals surface area contributed by atoms with E-state index in [0.29, 0.717) is 16.9 Å². The fourth-order valence-corrected chi connectivity index (χ4v) is 2.50. The standard InChI is InChI=1S/C20H18N2O6/c1-13(18(24)14-8-10-16(26-2)11-9-14)27-17(23)12-22-20(25)28-19(21-22)15-6-4-3-5-7-15/h3-11,13H,12H2,1-2H3/t13-/m1/s1. The number of methoxy groups -OCH3 is 1. The second-order valence-corrected chi connectivity index (χ2v) is 5.92. The second kappa shape index (κ2) is 8.34.